The summed E-state index contributed by atoms with van der Waals surface area (Å²) >= 11 is 0. The second-order valence-electron chi connectivity index (χ2n) is 23.0. The van der Waals surface area contributed by atoms with E-state index in [1.165, 1.54) is 134 Å². The third kappa shape index (κ3) is 15.3. The number of hydrogen-bond donors (Lipinski definition) is 0. The van der Waals surface area contributed by atoms with Crippen molar-refractivity contribution in [3.8, 4) is 11.5 Å². The number of carbonyl (C=O) groups excluding carboxylic acids is 2. The van der Waals surface area contributed by atoms with Crippen LogP contribution in [-0.2, 0) is 20.7 Å². The van der Waals surface area contributed by atoms with E-state index in [-0.39, 0.29) is 30.5 Å². The van der Waals surface area contributed by atoms with Crippen LogP contribution in [0.15, 0.2) is 35.5 Å². The molecule has 0 N–H and O–H groups in total. The van der Waals surface area contributed by atoms with E-state index in [4.69, 9.17) is 14.2 Å². The summed E-state index contributed by atoms with van der Waals surface area (Å²) < 4.78 is 18.9. The molecular formula is C60H96O5. The van der Waals surface area contributed by atoms with Crippen molar-refractivity contribution in [3.05, 3.63) is 57.7 Å². The molecular weight excluding hydrogens is 801 g/mol. The SMILES string of the molecule is C=C1CCC(OC(=O)CCC(=O)Oc2c(C)c(C)c3c(c2C)CCC(C)(CCCC(C)CCCC(C)CCCC(C)C)O3)C/C1=C\C=C1\CCCC2(C)C(CCCCCCCC)CCC12. The Kier molecular flexibility index (Phi) is 20.9. The molecule has 4 aliphatic rings. The number of benzene rings is 1. The minimum atomic E-state index is -0.395. The van der Waals surface area contributed by atoms with E-state index in [1.807, 2.05) is 13.8 Å². The number of hydrogen-bond acceptors (Lipinski definition) is 5. The van der Waals surface area contributed by atoms with Crippen LogP contribution in [0.2, 0.25) is 0 Å². The predicted octanol–water partition coefficient (Wildman–Crippen LogP) is 17.3. The molecule has 0 spiro atoms. The van der Waals surface area contributed by atoms with Crippen molar-refractivity contribution in [2.45, 2.75) is 261 Å². The quantitative estimate of drug-likeness (QED) is 0.0556. The zero-order chi connectivity index (χ0) is 47.1. The summed E-state index contributed by atoms with van der Waals surface area (Å²) in [4.78, 5) is 26.5. The molecule has 3 saturated carbocycles. The molecule has 0 radical (unpaired) electrons. The molecule has 0 bridgehead atoms. The van der Waals surface area contributed by atoms with E-state index < -0.39 is 5.97 Å². The first-order chi connectivity index (χ1) is 31.0. The van der Waals surface area contributed by atoms with Gasteiger partial charge in [-0.2, -0.15) is 0 Å². The zero-order valence-corrected chi connectivity index (χ0v) is 43.7. The Balaban J connectivity index is 1.06. The minimum Gasteiger partial charge on any atom is -0.487 e. The molecule has 3 aliphatic carbocycles. The van der Waals surface area contributed by atoms with Gasteiger partial charge in [-0.25, -0.2) is 0 Å². The highest BCUT2D eigenvalue weighted by Gasteiger charge is 2.48. The summed E-state index contributed by atoms with van der Waals surface area (Å²) in [6.45, 7) is 27.3. The van der Waals surface area contributed by atoms with Gasteiger partial charge in [-0.15, -0.1) is 0 Å². The van der Waals surface area contributed by atoms with Crippen LogP contribution in [0.4, 0.5) is 0 Å². The maximum Gasteiger partial charge on any atom is 0.311 e. The van der Waals surface area contributed by atoms with Gasteiger partial charge in [-0.1, -0.05) is 155 Å². The van der Waals surface area contributed by atoms with Gasteiger partial charge in [0.15, 0.2) is 0 Å². The number of rotatable bonds is 25. The Morgan fingerprint density at radius 2 is 1.43 bits per heavy atom. The van der Waals surface area contributed by atoms with Crippen LogP contribution in [0.3, 0.4) is 0 Å². The number of esters is 2. The first kappa shape index (κ1) is 53.1. The van der Waals surface area contributed by atoms with E-state index in [1.54, 1.807) is 5.57 Å². The lowest BCUT2D eigenvalue weighted by Gasteiger charge is -2.42. The highest BCUT2D eigenvalue weighted by Crippen LogP contribution is 2.59. The molecule has 1 aromatic rings. The molecule has 7 atom stereocenters. The fourth-order valence-corrected chi connectivity index (χ4v) is 12.5. The van der Waals surface area contributed by atoms with Crippen LogP contribution >= 0.6 is 0 Å². The molecule has 0 saturated heterocycles. The molecule has 1 heterocycles. The summed E-state index contributed by atoms with van der Waals surface area (Å²) in [6.07, 6.45) is 36.5. The summed E-state index contributed by atoms with van der Waals surface area (Å²) in [5, 5.41) is 0. The Hall–Kier alpha value is -2.82. The van der Waals surface area contributed by atoms with Crippen LogP contribution in [-0.4, -0.2) is 23.6 Å². The van der Waals surface area contributed by atoms with Crippen molar-refractivity contribution in [1.29, 1.82) is 0 Å². The Morgan fingerprint density at radius 3 is 2.15 bits per heavy atom. The van der Waals surface area contributed by atoms with Crippen molar-refractivity contribution in [3.63, 3.8) is 0 Å². The number of allylic oxidation sites excluding steroid dienone is 4. The minimum absolute atomic E-state index is 0.00755. The Labute approximate surface area is 399 Å². The Bertz CT molecular complexity index is 1780. The summed E-state index contributed by atoms with van der Waals surface area (Å²) in [5.41, 5.74) is 8.34. The van der Waals surface area contributed by atoms with Crippen molar-refractivity contribution < 1.29 is 23.8 Å². The third-order valence-electron chi connectivity index (χ3n) is 17.1. The fourth-order valence-electron chi connectivity index (χ4n) is 12.5. The molecule has 65 heavy (non-hydrogen) atoms. The normalized spacial score (nSPS) is 26.5. The first-order valence-corrected chi connectivity index (χ1v) is 27.3. The van der Waals surface area contributed by atoms with Crippen molar-refractivity contribution in [2.75, 3.05) is 0 Å². The molecule has 7 unspecified atom stereocenters. The molecule has 1 aliphatic heterocycles. The maximum atomic E-state index is 13.3. The van der Waals surface area contributed by atoms with Gasteiger partial charge in [-0.3, -0.25) is 9.59 Å². The summed E-state index contributed by atoms with van der Waals surface area (Å²) in [7, 11) is 0. The van der Waals surface area contributed by atoms with Crippen molar-refractivity contribution in [1.82, 2.24) is 0 Å². The summed E-state index contributed by atoms with van der Waals surface area (Å²) in [6, 6.07) is 0. The number of carbonyl (C=O) groups is 2. The average molecular weight is 897 g/mol. The van der Waals surface area contributed by atoms with E-state index in [2.05, 4.69) is 74.1 Å². The van der Waals surface area contributed by atoms with Crippen LogP contribution in [0.25, 0.3) is 0 Å². The zero-order valence-electron chi connectivity index (χ0n) is 43.7. The topological polar surface area (TPSA) is 61.8 Å². The first-order valence-electron chi connectivity index (χ1n) is 27.3. The average Bonchev–Trinajstić information content (AvgIpc) is 3.60. The second-order valence-corrected chi connectivity index (χ2v) is 23.0. The van der Waals surface area contributed by atoms with Gasteiger partial charge < -0.3 is 14.2 Å². The van der Waals surface area contributed by atoms with Crippen molar-refractivity contribution >= 4 is 11.9 Å². The van der Waals surface area contributed by atoms with Gasteiger partial charge in [0.2, 0.25) is 0 Å². The second kappa shape index (κ2) is 25.5. The van der Waals surface area contributed by atoms with E-state index >= 15 is 0 Å². The molecule has 366 valence electrons. The molecule has 0 amide bonds. The predicted molar refractivity (Wildman–Crippen MR) is 273 cm³/mol. The van der Waals surface area contributed by atoms with E-state index in [9.17, 15) is 9.59 Å². The largest absolute Gasteiger partial charge is 0.487 e. The third-order valence-corrected chi connectivity index (χ3v) is 17.1. The van der Waals surface area contributed by atoms with Crippen LogP contribution in [0.1, 0.15) is 244 Å². The number of fused-ring (bicyclic) bond motifs is 2. The van der Waals surface area contributed by atoms with Gasteiger partial charge in [0.25, 0.3) is 0 Å². The summed E-state index contributed by atoms with van der Waals surface area (Å²) in [5.74, 6) is 4.82. The van der Waals surface area contributed by atoms with Gasteiger partial charge in [0.1, 0.15) is 23.2 Å². The maximum absolute atomic E-state index is 13.3. The van der Waals surface area contributed by atoms with Gasteiger partial charge >= 0.3 is 11.9 Å². The lowest BCUT2D eigenvalue weighted by atomic mass is 9.62. The highest BCUT2D eigenvalue weighted by molar-refractivity contribution is 5.80. The molecule has 5 rings (SSSR count). The van der Waals surface area contributed by atoms with Crippen LogP contribution in [0, 0.1) is 55.8 Å². The number of ether oxygens (including phenoxy) is 3. The lowest BCUT2D eigenvalue weighted by molar-refractivity contribution is -0.152. The van der Waals surface area contributed by atoms with Gasteiger partial charge in [-0.05, 0) is 162 Å². The smallest absolute Gasteiger partial charge is 0.311 e. The van der Waals surface area contributed by atoms with Gasteiger partial charge in [0.05, 0.1) is 12.8 Å². The van der Waals surface area contributed by atoms with E-state index in [0.29, 0.717) is 23.5 Å². The molecule has 3 fully saturated rings. The van der Waals surface area contributed by atoms with Gasteiger partial charge in [0, 0.05) is 12.0 Å². The number of unbranched alkanes of at least 4 members (excludes halogenated alkanes) is 5. The van der Waals surface area contributed by atoms with Crippen LogP contribution in [0.5, 0.6) is 11.5 Å². The van der Waals surface area contributed by atoms with E-state index in [0.717, 1.165) is 89.4 Å². The van der Waals surface area contributed by atoms with Crippen molar-refractivity contribution in [2.24, 2.45) is 35.0 Å². The lowest BCUT2D eigenvalue weighted by Crippen LogP contribution is -2.37. The molecule has 1 aromatic carbocycles. The monoisotopic (exact) mass is 897 g/mol. The Morgan fingerprint density at radius 1 is 0.754 bits per heavy atom. The van der Waals surface area contributed by atoms with Crippen LogP contribution < -0.4 is 9.47 Å². The standard InChI is InChI=1S/C60H96O5/c1-12-13-14-15-16-17-28-51-32-34-54-49(27-21-39-60(51,54)11)30-31-50-41-52(33-29-45(50)6)63-55(61)35-36-56(62)64-57-46(7)47(8)58-53(48(57)9)37-40-59(10,65-58)38-20-26-44(5)25-19-24-43(4)23-18-22-42(2)3/h30-31,42-44,51-52,54H,6,12-29,32-41H2,1-5,7-11H3/b49-30-,50-31+. The highest BCUT2D eigenvalue weighted by atomic mass is 16.5. The molecule has 0 aromatic heterocycles. The molecule has 5 nitrogen and oxygen atoms in total. The fraction of sp³-hybridized carbons (Fsp3) is 0.767. The molecule has 5 heteroatoms.